The summed E-state index contributed by atoms with van der Waals surface area (Å²) in [6, 6.07) is 7.43. The SMILES string of the molecule is C[C@@H](CC=N)c1cccc(NS(=O)(=O)c2cc(F)cc(C(F)(F)F)c2)c1. The molecule has 26 heavy (non-hydrogen) atoms. The molecule has 0 spiro atoms. The number of anilines is 1. The molecule has 0 fully saturated rings. The number of hydrogen-bond acceptors (Lipinski definition) is 3. The van der Waals surface area contributed by atoms with Crippen LogP contribution in [0.4, 0.5) is 23.2 Å². The number of hydrogen-bond donors (Lipinski definition) is 2. The molecule has 9 heteroatoms. The summed E-state index contributed by atoms with van der Waals surface area (Å²) in [5.74, 6) is -1.34. The molecule has 0 unspecified atom stereocenters. The Kier molecular flexibility index (Phi) is 5.70. The van der Waals surface area contributed by atoms with Crippen LogP contribution in [-0.2, 0) is 16.2 Å². The summed E-state index contributed by atoms with van der Waals surface area (Å²) < 4.78 is 78.7. The summed E-state index contributed by atoms with van der Waals surface area (Å²) in [6.45, 7) is 1.85. The van der Waals surface area contributed by atoms with E-state index in [9.17, 15) is 26.0 Å². The van der Waals surface area contributed by atoms with Crippen molar-refractivity contribution in [3.05, 3.63) is 59.4 Å². The Balaban J connectivity index is 2.36. The Morgan fingerprint density at radius 2 is 1.88 bits per heavy atom. The van der Waals surface area contributed by atoms with Gasteiger partial charge >= 0.3 is 6.18 Å². The highest BCUT2D eigenvalue weighted by molar-refractivity contribution is 7.92. The molecule has 140 valence electrons. The molecule has 0 saturated carbocycles. The summed E-state index contributed by atoms with van der Waals surface area (Å²) in [5, 5.41) is 7.12. The standard InChI is InChI=1S/C17H16F4N2O2S/c1-11(5-6-22)12-3-2-4-15(7-12)23-26(24,25)16-9-13(17(19,20)21)8-14(18)10-16/h2-4,6-11,22-23H,5H2,1H3/t11-/m0/s1. The fourth-order valence-electron chi connectivity index (χ4n) is 2.32. The van der Waals surface area contributed by atoms with E-state index in [1.807, 2.05) is 6.92 Å². The maximum Gasteiger partial charge on any atom is 0.416 e. The number of nitrogens with one attached hydrogen (secondary N) is 2. The predicted octanol–water partition coefficient (Wildman–Crippen LogP) is 4.79. The molecule has 0 aliphatic rings. The van der Waals surface area contributed by atoms with E-state index < -0.39 is 32.5 Å². The summed E-state index contributed by atoms with van der Waals surface area (Å²) in [4.78, 5) is -0.817. The van der Waals surface area contributed by atoms with Crippen molar-refractivity contribution in [1.82, 2.24) is 0 Å². The quantitative estimate of drug-likeness (QED) is 0.552. The van der Waals surface area contributed by atoms with Crippen molar-refractivity contribution in [3.63, 3.8) is 0 Å². The summed E-state index contributed by atoms with van der Waals surface area (Å²) in [7, 11) is -4.41. The van der Waals surface area contributed by atoms with Gasteiger partial charge < -0.3 is 5.41 Å². The third-order valence-electron chi connectivity index (χ3n) is 3.69. The van der Waals surface area contributed by atoms with Crippen LogP contribution in [0, 0.1) is 11.2 Å². The van der Waals surface area contributed by atoms with Crippen LogP contribution in [0.15, 0.2) is 47.4 Å². The molecule has 1 atom stereocenters. The van der Waals surface area contributed by atoms with E-state index in [4.69, 9.17) is 5.41 Å². The van der Waals surface area contributed by atoms with Gasteiger partial charge in [0.2, 0.25) is 0 Å². The van der Waals surface area contributed by atoms with Gasteiger partial charge in [0.15, 0.2) is 0 Å². The van der Waals surface area contributed by atoms with Crippen LogP contribution in [0.3, 0.4) is 0 Å². The number of alkyl halides is 3. The monoisotopic (exact) mass is 388 g/mol. The van der Waals surface area contributed by atoms with Gasteiger partial charge in [0, 0.05) is 5.69 Å². The van der Waals surface area contributed by atoms with E-state index in [1.165, 1.54) is 18.3 Å². The average molecular weight is 388 g/mol. The largest absolute Gasteiger partial charge is 0.416 e. The smallest absolute Gasteiger partial charge is 0.313 e. The van der Waals surface area contributed by atoms with Gasteiger partial charge in [-0.05, 0) is 54.4 Å². The first-order chi connectivity index (χ1) is 12.0. The molecule has 2 aromatic rings. The zero-order chi connectivity index (χ0) is 19.5. The van der Waals surface area contributed by atoms with Crippen molar-refractivity contribution in [3.8, 4) is 0 Å². The first kappa shape index (κ1) is 19.9. The first-order valence-corrected chi connectivity index (χ1v) is 9.01. The average Bonchev–Trinajstić information content (AvgIpc) is 2.53. The molecule has 2 aromatic carbocycles. The van der Waals surface area contributed by atoms with Crippen molar-refractivity contribution < 1.29 is 26.0 Å². The van der Waals surface area contributed by atoms with Gasteiger partial charge in [-0.3, -0.25) is 4.72 Å². The van der Waals surface area contributed by atoms with Gasteiger partial charge in [-0.15, -0.1) is 0 Å². The van der Waals surface area contributed by atoms with Crippen LogP contribution in [0.5, 0.6) is 0 Å². The van der Waals surface area contributed by atoms with Crippen molar-refractivity contribution in [2.45, 2.75) is 30.3 Å². The lowest BCUT2D eigenvalue weighted by molar-refractivity contribution is -0.137. The van der Waals surface area contributed by atoms with Gasteiger partial charge in [0.25, 0.3) is 10.0 Å². The maximum absolute atomic E-state index is 13.5. The molecule has 2 N–H and O–H groups in total. The first-order valence-electron chi connectivity index (χ1n) is 7.52. The molecule has 0 aliphatic carbocycles. The van der Waals surface area contributed by atoms with E-state index in [1.54, 1.807) is 12.1 Å². The Bertz CT molecular complexity index is 911. The van der Waals surface area contributed by atoms with Crippen LogP contribution in [0.1, 0.15) is 30.4 Å². The normalized spacial score (nSPS) is 13.3. The Hall–Kier alpha value is -2.42. The highest BCUT2D eigenvalue weighted by Gasteiger charge is 2.32. The molecule has 0 bridgehead atoms. The Labute approximate surface area is 148 Å². The minimum absolute atomic E-state index is 0.0389. The molecule has 0 aliphatic heterocycles. The van der Waals surface area contributed by atoms with Crippen molar-refractivity contribution in [2.75, 3.05) is 4.72 Å². The highest BCUT2D eigenvalue weighted by Crippen LogP contribution is 2.32. The lowest BCUT2D eigenvalue weighted by Gasteiger charge is -2.14. The minimum atomic E-state index is -4.87. The fourth-order valence-corrected chi connectivity index (χ4v) is 3.42. The summed E-state index contributed by atoms with van der Waals surface area (Å²) in [6.07, 6.45) is -3.18. The molecule has 0 heterocycles. The molecular weight excluding hydrogens is 372 g/mol. The van der Waals surface area contributed by atoms with Gasteiger partial charge in [0.05, 0.1) is 10.5 Å². The lowest BCUT2D eigenvalue weighted by Crippen LogP contribution is -2.15. The van der Waals surface area contributed by atoms with Crippen LogP contribution in [0.2, 0.25) is 0 Å². The lowest BCUT2D eigenvalue weighted by atomic mass is 9.98. The molecule has 4 nitrogen and oxygen atoms in total. The van der Waals surface area contributed by atoms with Crippen molar-refractivity contribution >= 4 is 21.9 Å². The van der Waals surface area contributed by atoms with Crippen molar-refractivity contribution in [2.24, 2.45) is 0 Å². The van der Waals surface area contributed by atoms with Crippen LogP contribution < -0.4 is 4.72 Å². The van der Waals surface area contributed by atoms with Gasteiger partial charge in [-0.2, -0.15) is 13.2 Å². The molecule has 0 aromatic heterocycles. The summed E-state index contributed by atoms with van der Waals surface area (Å²) in [5.41, 5.74) is -0.493. The molecular formula is C17H16F4N2O2S. The third-order valence-corrected chi connectivity index (χ3v) is 5.05. The Morgan fingerprint density at radius 3 is 2.50 bits per heavy atom. The fraction of sp³-hybridized carbons (Fsp3) is 0.235. The summed E-state index contributed by atoms with van der Waals surface area (Å²) >= 11 is 0. The zero-order valence-electron chi connectivity index (χ0n) is 13.6. The number of benzene rings is 2. The van der Waals surface area contributed by atoms with Gasteiger partial charge in [-0.25, -0.2) is 12.8 Å². The van der Waals surface area contributed by atoms with Gasteiger partial charge in [0.1, 0.15) is 5.82 Å². The van der Waals surface area contributed by atoms with E-state index in [-0.39, 0.29) is 17.7 Å². The predicted molar refractivity (Wildman–Crippen MR) is 90.5 cm³/mol. The van der Waals surface area contributed by atoms with E-state index in [0.29, 0.717) is 18.6 Å². The second kappa shape index (κ2) is 7.45. The Morgan fingerprint density at radius 1 is 1.19 bits per heavy atom. The second-order valence-corrected chi connectivity index (χ2v) is 7.43. The van der Waals surface area contributed by atoms with Crippen LogP contribution >= 0.6 is 0 Å². The van der Waals surface area contributed by atoms with Crippen LogP contribution in [-0.4, -0.2) is 14.6 Å². The van der Waals surface area contributed by atoms with Gasteiger partial charge in [-0.1, -0.05) is 19.1 Å². The maximum atomic E-state index is 13.5. The molecule has 0 saturated heterocycles. The topological polar surface area (TPSA) is 70.0 Å². The second-order valence-electron chi connectivity index (χ2n) is 5.75. The molecule has 2 rings (SSSR count). The van der Waals surface area contributed by atoms with Crippen molar-refractivity contribution in [1.29, 1.82) is 5.41 Å². The number of sulfonamides is 1. The number of halogens is 4. The third kappa shape index (κ3) is 4.81. The van der Waals surface area contributed by atoms with E-state index >= 15 is 0 Å². The van der Waals surface area contributed by atoms with E-state index in [2.05, 4.69) is 4.72 Å². The minimum Gasteiger partial charge on any atom is -0.313 e. The molecule has 0 amide bonds. The molecule has 0 radical (unpaired) electrons. The zero-order valence-corrected chi connectivity index (χ0v) is 14.5. The number of rotatable bonds is 6. The van der Waals surface area contributed by atoms with Crippen LogP contribution in [0.25, 0.3) is 0 Å². The van der Waals surface area contributed by atoms with E-state index in [0.717, 1.165) is 5.56 Å². The highest BCUT2D eigenvalue weighted by atomic mass is 32.2.